The Hall–Kier alpha value is -2.85. The molecule has 0 spiro atoms. The zero-order chi connectivity index (χ0) is 17.4. The second kappa shape index (κ2) is 6.22. The number of Topliss-reactive ketones (excluding diaryl/α,β-unsaturated/α-hetero) is 1. The van der Waals surface area contributed by atoms with Gasteiger partial charge in [-0.3, -0.25) is 4.79 Å². The number of methoxy groups -OCH3 is 1. The summed E-state index contributed by atoms with van der Waals surface area (Å²) in [4.78, 5) is 26.0. The van der Waals surface area contributed by atoms with Crippen LogP contribution in [0.4, 0.5) is 5.95 Å². The Bertz CT molecular complexity index is 959. The summed E-state index contributed by atoms with van der Waals surface area (Å²) < 4.78 is 6.36. The molecule has 0 unspecified atom stereocenters. The van der Waals surface area contributed by atoms with Gasteiger partial charge in [-0.2, -0.15) is 16.0 Å². The van der Waals surface area contributed by atoms with Crippen LogP contribution in [0.15, 0.2) is 45.6 Å². The summed E-state index contributed by atoms with van der Waals surface area (Å²) in [5.74, 6) is -0.631. The number of esters is 1. The number of anilines is 1. The van der Waals surface area contributed by atoms with Crippen molar-refractivity contribution < 1.29 is 14.3 Å². The number of thiophene rings is 2. The zero-order valence-electron chi connectivity index (χ0n) is 12.9. The van der Waals surface area contributed by atoms with E-state index in [4.69, 9.17) is 4.74 Å². The Labute approximate surface area is 149 Å². The van der Waals surface area contributed by atoms with E-state index in [2.05, 4.69) is 20.8 Å². The van der Waals surface area contributed by atoms with Crippen molar-refractivity contribution >= 4 is 40.4 Å². The molecule has 126 valence electrons. The molecule has 0 aliphatic carbocycles. The number of rotatable bonds is 4. The summed E-state index contributed by atoms with van der Waals surface area (Å²) >= 11 is 2.79. The number of fused-ring (bicyclic) bond motifs is 1. The van der Waals surface area contributed by atoms with E-state index >= 15 is 0 Å². The first-order valence-electron chi connectivity index (χ1n) is 7.18. The van der Waals surface area contributed by atoms with Gasteiger partial charge in [0.25, 0.3) is 0 Å². The van der Waals surface area contributed by atoms with Crippen molar-refractivity contribution in [1.29, 1.82) is 0 Å². The Morgan fingerprint density at radius 2 is 2.20 bits per heavy atom. The first kappa shape index (κ1) is 15.7. The number of carbonyl (C=O) groups is 2. The number of ether oxygens (including phenoxy) is 1. The number of hydrogen-bond acceptors (Lipinski definition) is 9. The number of hydrogen-bond donors (Lipinski definition) is 1. The number of allylic oxidation sites excluding steroid dienone is 1. The molecule has 0 radical (unpaired) electrons. The van der Waals surface area contributed by atoms with Gasteiger partial charge in [0, 0.05) is 0 Å². The molecule has 25 heavy (non-hydrogen) atoms. The summed E-state index contributed by atoms with van der Waals surface area (Å²) in [6.45, 7) is 0. The van der Waals surface area contributed by atoms with Crippen molar-refractivity contribution in [3.8, 4) is 0 Å². The van der Waals surface area contributed by atoms with Gasteiger partial charge in [0.2, 0.25) is 11.7 Å². The summed E-state index contributed by atoms with van der Waals surface area (Å²) in [6.07, 6.45) is 0. The Morgan fingerprint density at radius 1 is 1.32 bits per heavy atom. The van der Waals surface area contributed by atoms with Crippen molar-refractivity contribution in [2.45, 2.75) is 6.04 Å². The van der Waals surface area contributed by atoms with Gasteiger partial charge in [-0.05, 0) is 44.3 Å². The van der Waals surface area contributed by atoms with E-state index in [1.165, 1.54) is 34.5 Å². The smallest absolute Gasteiger partial charge is 0.355 e. The van der Waals surface area contributed by atoms with Crippen LogP contribution in [0.25, 0.3) is 0 Å². The second-order valence-electron chi connectivity index (χ2n) is 5.12. The molecule has 4 rings (SSSR count). The highest BCUT2D eigenvalue weighted by Crippen LogP contribution is 2.37. The molecule has 1 aliphatic heterocycles. The average molecular weight is 373 g/mol. The maximum Gasteiger partial charge on any atom is 0.355 e. The van der Waals surface area contributed by atoms with E-state index in [9.17, 15) is 9.59 Å². The molecule has 1 aliphatic rings. The molecular formula is C15H11N5O3S2. The third-order valence-electron chi connectivity index (χ3n) is 3.75. The van der Waals surface area contributed by atoms with E-state index in [1.807, 2.05) is 22.2 Å². The molecule has 1 N–H and O–H groups in total. The third-order valence-corrected chi connectivity index (χ3v) is 5.33. The molecule has 8 nitrogen and oxygen atoms in total. The largest absolute Gasteiger partial charge is 0.464 e. The molecule has 3 aromatic rings. The average Bonchev–Trinajstić information content (AvgIpc) is 3.40. The van der Waals surface area contributed by atoms with Crippen molar-refractivity contribution in [1.82, 2.24) is 20.2 Å². The molecule has 0 amide bonds. The number of ketones is 1. The predicted molar refractivity (Wildman–Crippen MR) is 91.6 cm³/mol. The monoisotopic (exact) mass is 373 g/mol. The van der Waals surface area contributed by atoms with E-state index < -0.39 is 12.0 Å². The number of nitrogens with zero attached hydrogens (tertiary/aromatic N) is 4. The standard InChI is InChI=1S/C15H11N5O3S2/c1-23-14(22)11-10(13(21)9-3-2-5-25-9)12(8-4-6-24-7-8)20-15(16-11)17-18-19-20/h2-7,12H,1H3,(H,16,17,19)/t12-/m1/s1. The van der Waals surface area contributed by atoms with Crippen molar-refractivity contribution in [3.05, 3.63) is 56.1 Å². The number of carbonyl (C=O) groups excluding carboxylic acids is 2. The van der Waals surface area contributed by atoms with E-state index in [1.54, 1.807) is 12.1 Å². The summed E-state index contributed by atoms with van der Waals surface area (Å²) in [6, 6.07) is 4.77. The summed E-state index contributed by atoms with van der Waals surface area (Å²) in [5, 5.41) is 20.0. The molecule has 3 aromatic heterocycles. The SMILES string of the molecule is COC(=O)C1=C(C(=O)c2cccs2)[C@@H](c2ccsc2)n2nnnc2N1. The molecule has 10 heteroatoms. The van der Waals surface area contributed by atoms with Crippen LogP contribution in [0.5, 0.6) is 0 Å². The first-order chi connectivity index (χ1) is 12.2. The Morgan fingerprint density at radius 3 is 2.88 bits per heavy atom. The van der Waals surface area contributed by atoms with Crippen LogP contribution < -0.4 is 5.32 Å². The Balaban J connectivity index is 1.95. The van der Waals surface area contributed by atoms with Crippen LogP contribution in [0, 0.1) is 0 Å². The number of nitrogens with one attached hydrogen (secondary N) is 1. The quantitative estimate of drug-likeness (QED) is 0.552. The minimum atomic E-state index is -0.644. The van der Waals surface area contributed by atoms with Crippen molar-refractivity contribution in [3.63, 3.8) is 0 Å². The first-order valence-corrected chi connectivity index (χ1v) is 9.00. The number of tetrazole rings is 1. The van der Waals surface area contributed by atoms with Crippen molar-refractivity contribution in [2.24, 2.45) is 0 Å². The lowest BCUT2D eigenvalue weighted by molar-refractivity contribution is -0.136. The lowest BCUT2D eigenvalue weighted by Crippen LogP contribution is -2.32. The van der Waals surface area contributed by atoms with Gasteiger partial charge in [0.1, 0.15) is 11.7 Å². The fourth-order valence-corrected chi connectivity index (χ4v) is 4.02. The van der Waals surface area contributed by atoms with Gasteiger partial charge in [-0.15, -0.1) is 11.3 Å². The van der Waals surface area contributed by atoms with Crippen molar-refractivity contribution in [2.75, 3.05) is 12.4 Å². The van der Waals surface area contributed by atoms with Crippen LogP contribution in [0.2, 0.25) is 0 Å². The van der Waals surface area contributed by atoms with Gasteiger partial charge in [0.15, 0.2) is 0 Å². The van der Waals surface area contributed by atoms with Crippen LogP contribution in [-0.2, 0) is 9.53 Å². The van der Waals surface area contributed by atoms with Crippen LogP contribution >= 0.6 is 22.7 Å². The van der Waals surface area contributed by atoms with Crippen LogP contribution in [-0.4, -0.2) is 39.1 Å². The molecule has 0 bridgehead atoms. The van der Waals surface area contributed by atoms with E-state index in [-0.39, 0.29) is 23.0 Å². The lowest BCUT2D eigenvalue weighted by atomic mass is 9.93. The molecule has 0 fully saturated rings. The van der Waals surface area contributed by atoms with Gasteiger partial charge in [0.05, 0.1) is 17.6 Å². The second-order valence-corrected chi connectivity index (χ2v) is 6.85. The van der Waals surface area contributed by atoms with Gasteiger partial charge >= 0.3 is 5.97 Å². The molecule has 0 aromatic carbocycles. The number of aromatic nitrogens is 4. The molecule has 1 atom stereocenters. The molecular weight excluding hydrogens is 362 g/mol. The fraction of sp³-hybridized carbons (Fsp3) is 0.133. The van der Waals surface area contributed by atoms with E-state index in [0.29, 0.717) is 4.88 Å². The van der Waals surface area contributed by atoms with Gasteiger partial charge in [-0.1, -0.05) is 11.2 Å². The third kappa shape index (κ3) is 2.55. The van der Waals surface area contributed by atoms with E-state index in [0.717, 1.165) is 5.56 Å². The van der Waals surface area contributed by atoms with Crippen LogP contribution in [0.1, 0.15) is 21.3 Å². The highest BCUT2D eigenvalue weighted by atomic mass is 32.1. The molecule has 0 saturated heterocycles. The minimum absolute atomic E-state index is 0.0550. The highest BCUT2D eigenvalue weighted by Gasteiger charge is 2.38. The summed E-state index contributed by atoms with van der Waals surface area (Å²) in [5.41, 5.74) is 1.13. The fourth-order valence-electron chi connectivity index (χ4n) is 2.67. The maximum atomic E-state index is 13.2. The maximum absolute atomic E-state index is 13.2. The molecule has 4 heterocycles. The van der Waals surface area contributed by atoms with Gasteiger partial charge < -0.3 is 10.1 Å². The lowest BCUT2D eigenvalue weighted by Gasteiger charge is -2.27. The summed E-state index contributed by atoms with van der Waals surface area (Å²) in [7, 11) is 1.27. The van der Waals surface area contributed by atoms with Gasteiger partial charge in [-0.25, -0.2) is 4.79 Å². The Kier molecular flexibility index (Phi) is 3.90. The zero-order valence-corrected chi connectivity index (χ0v) is 14.5. The van der Waals surface area contributed by atoms with Crippen LogP contribution in [0.3, 0.4) is 0 Å². The normalized spacial score (nSPS) is 16.3. The minimum Gasteiger partial charge on any atom is -0.464 e. The topological polar surface area (TPSA) is 99.0 Å². The molecule has 0 saturated carbocycles. The highest BCUT2D eigenvalue weighted by molar-refractivity contribution is 7.12. The predicted octanol–water partition coefficient (Wildman–Crippen LogP) is 2.12.